The molecule has 1 aliphatic heterocycles. The first-order chi connectivity index (χ1) is 13.2. The molecular formula is C23H22Cl2N2. The Kier molecular flexibility index (Phi) is 5.68. The highest BCUT2D eigenvalue weighted by Gasteiger charge is 2.28. The van der Waals surface area contributed by atoms with Crippen LogP contribution in [0.1, 0.15) is 17.2 Å². The van der Waals surface area contributed by atoms with E-state index < -0.39 is 0 Å². The number of anilines is 1. The van der Waals surface area contributed by atoms with Crippen molar-refractivity contribution in [3.8, 4) is 0 Å². The number of rotatable bonds is 4. The lowest BCUT2D eigenvalue weighted by atomic mass is 10.0. The van der Waals surface area contributed by atoms with E-state index in [4.69, 9.17) is 23.2 Å². The van der Waals surface area contributed by atoms with Gasteiger partial charge in [0, 0.05) is 41.9 Å². The minimum absolute atomic E-state index is 0.279. The Bertz CT molecular complexity index is 863. The molecular weight excluding hydrogens is 375 g/mol. The van der Waals surface area contributed by atoms with Crippen LogP contribution in [0.3, 0.4) is 0 Å². The highest BCUT2D eigenvalue weighted by Crippen LogP contribution is 2.32. The van der Waals surface area contributed by atoms with Gasteiger partial charge in [-0.05, 0) is 47.5 Å². The lowest BCUT2D eigenvalue weighted by molar-refractivity contribution is 0.215. The molecule has 0 bridgehead atoms. The lowest BCUT2D eigenvalue weighted by Gasteiger charge is -2.43. The quantitative estimate of drug-likeness (QED) is 0.528. The molecule has 138 valence electrons. The minimum Gasteiger partial charge on any atom is -0.362 e. The fourth-order valence-corrected chi connectivity index (χ4v) is 3.99. The van der Waals surface area contributed by atoms with Crippen molar-refractivity contribution in [2.75, 3.05) is 24.5 Å². The average Bonchev–Trinajstić information content (AvgIpc) is 2.70. The van der Waals surface area contributed by atoms with E-state index in [-0.39, 0.29) is 6.04 Å². The Morgan fingerprint density at radius 3 is 2.04 bits per heavy atom. The average molecular weight is 397 g/mol. The van der Waals surface area contributed by atoms with Crippen LogP contribution in [0, 0.1) is 0 Å². The van der Waals surface area contributed by atoms with Crippen LogP contribution in [0.4, 0.5) is 5.69 Å². The molecule has 1 saturated heterocycles. The van der Waals surface area contributed by atoms with Gasteiger partial charge < -0.3 is 4.90 Å². The molecule has 4 heteroatoms. The van der Waals surface area contributed by atoms with Crippen molar-refractivity contribution >= 4 is 28.9 Å². The highest BCUT2D eigenvalue weighted by atomic mass is 35.5. The zero-order valence-corrected chi connectivity index (χ0v) is 16.6. The van der Waals surface area contributed by atoms with Crippen LogP contribution in [-0.4, -0.2) is 24.5 Å². The van der Waals surface area contributed by atoms with E-state index in [0.29, 0.717) is 0 Å². The van der Waals surface area contributed by atoms with Gasteiger partial charge in [-0.1, -0.05) is 65.7 Å². The predicted octanol–water partition coefficient (Wildman–Crippen LogP) is 6.06. The number of benzene rings is 3. The lowest BCUT2D eigenvalue weighted by Crippen LogP contribution is -2.48. The summed E-state index contributed by atoms with van der Waals surface area (Å²) in [5.74, 6) is 0. The molecule has 0 amide bonds. The third-order valence-electron chi connectivity index (χ3n) is 5.13. The van der Waals surface area contributed by atoms with E-state index in [2.05, 4.69) is 64.4 Å². The second-order valence-corrected chi connectivity index (χ2v) is 7.83. The molecule has 0 aliphatic carbocycles. The predicted molar refractivity (Wildman–Crippen MR) is 115 cm³/mol. The number of hydrogen-bond donors (Lipinski definition) is 0. The summed E-state index contributed by atoms with van der Waals surface area (Å²) in [6.07, 6.45) is 0. The smallest absolute Gasteiger partial charge is 0.0670 e. The SMILES string of the molecule is Clc1ccc(C2CN(Cc3ccccc3)CCN2c2ccc(Cl)cc2)cc1. The number of halogens is 2. The van der Waals surface area contributed by atoms with Crippen molar-refractivity contribution < 1.29 is 0 Å². The summed E-state index contributed by atoms with van der Waals surface area (Å²) in [5, 5.41) is 1.54. The zero-order chi connectivity index (χ0) is 18.6. The fourth-order valence-electron chi connectivity index (χ4n) is 3.74. The van der Waals surface area contributed by atoms with Crippen molar-refractivity contribution in [3.05, 3.63) is 100 Å². The molecule has 0 radical (unpaired) electrons. The van der Waals surface area contributed by atoms with Crippen LogP contribution in [-0.2, 0) is 6.54 Å². The van der Waals surface area contributed by atoms with Gasteiger partial charge in [0.1, 0.15) is 0 Å². The van der Waals surface area contributed by atoms with E-state index >= 15 is 0 Å². The number of hydrogen-bond acceptors (Lipinski definition) is 2. The van der Waals surface area contributed by atoms with Gasteiger partial charge in [0.25, 0.3) is 0 Å². The van der Waals surface area contributed by atoms with Crippen LogP contribution in [0.15, 0.2) is 78.9 Å². The summed E-state index contributed by atoms with van der Waals surface area (Å²) in [6.45, 7) is 3.95. The van der Waals surface area contributed by atoms with Gasteiger partial charge in [0.2, 0.25) is 0 Å². The summed E-state index contributed by atoms with van der Waals surface area (Å²) in [4.78, 5) is 5.00. The van der Waals surface area contributed by atoms with Gasteiger partial charge >= 0.3 is 0 Å². The fraction of sp³-hybridized carbons (Fsp3) is 0.217. The van der Waals surface area contributed by atoms with Crippen molar-refractivity contribution in [1.82, 2.24) is 4.90 Å². The van der Waals surface area contributed by atoms with E-state index in [1.807, 2.05) is 24.3 Å². The molecule has 0 spiro atoms. The van der Waals surface area contributed by atoms with Crippen LogP contribution >= 0.6 is 23.2 Å². The molecule has 1 fully saturated rings. The molecule has 3 aromatic carbocycles. The Morgan fingerprint density at radius 1 is 0.741 bits per heavy atom. The Labute approximate surface area is 170 Å². The van der Waals surface area contributed by atoms with Crippen LogP contribution in [0.2, 0.25) is 10.0 Å². The maximum atomic E-state index is 6.12. The first kappa shape index (κ1) is 18.4. The summed E-state index contributed by atoms with van der Waals surface area (Å²) in [5.41, 5.74) is 3.85. The monoisotopic (exact) mass is 396 g/mol. The second kappa shape index (κ2) is 8.35. The van der Waals surface area contributed by atoms with Crippen molar-refractivity contribution in [1.29, 1.82) is 0 Å². The van der Waals surface area contributed by atoms with E-state index in [1.54, 1.807) is 0 Å². The molecule has 2 nitrogen and oxygen atoms in total. The molecule has 27 heavy (non-hydrogen) atoms. The van der Waals surface area contributed by atoms with Gasteiger partial charge in [-0.2, -0.15) is 0 Å². The minimum atomic E-state index is 0.279. The number of piperazine rings is 1. The van der Waals surface area contributed by atoms with Gasteiger partial charge in [0.05, 0.1) is 6.04 Å². The summed E-state index contributed by atoms with van der Waals surface area (Å²) >= 11 is 12.2. The Hall–Kier alpha value is -2.00. The first-order valence-electron chi connectivity index (χ1n) is 9.23. The summed E-state index contributed by atoms with van der Waals surface area (Å²) < 4.78 is 0. The molecule has 3 aromatic rings. The number of nitrogens with zero attached hydrogens (tertiary/aromatic N) is 2. The summed E-state index contributed by atoms with van der Waals surface area (Å²) in [6, 6.07) is 27.3. The highest BCUT2D eigenvalue weighted by molar-refractivity contribution is 6.30. The molecule has 0 aromatic heterocycles. The third-order valence-corrected chi connectivity index (χ3v) is 5.63. The van der Waals surface area contributed by atoms with Gasteiger partial charge in [-0.3, -0.25) is 4.90 Å². The molecule has 1 atom stereocenters. The molecule has 1 unspecified atom stereocenters. The Balaban J connectivity index is 1.60. The van der Waals surface area contributed by atoms with Crippen molar-refractivity contribution in [2.45, 2.75) is 12.6 Å². The van der Waals surface area contributed by atoms with Gasteiger partial charge in [-0.25, -0.2) is 0 Å². The molecule has 1 aliphatic rings. The van der Waals surface area contributed by atoms with E-state index in [0.717, 1.165) is 36.2 Å². The van der Waals surface area contributed by atoms with Crippen molar-refractivity contribution in [2.24, 2.45) is 0 Å². The van der Waals surface area contributed by atoms with Crippen LogP contribution in [0.5, 0.6) is 0 Å². The Morgan fingerprint density at radius 2 is 1.37 bits per heavy atom. The first-order valence-corrected chi connectivity index (χ1v) is 9.98. The molecule has 1 heterocycles. The maximum Gasteiger partial charge on any atom is 0.0670 e. The van der Waals surface area contributed by atoms with Crippen LogP contribution in [0.25, 0.3) is 0 Å². The van der Waals surface area contributed by atoms with Gasteiger partial charge in [-0.15, -0.1) is 0 Å². The topological polar surface area (TPSA) is 6.48 Å². The molecule has 0 N–H and O–H groups in total. The third kappa shape index (κ3) is 4.47. The molecule has 4 rings (SSSR count). The second-order valence-electron chi connectivity index (χ2n) is 6.96. The standard InChI is InChI=1S/C23H22Cl2N2/c24-20-8-6-19(7-9-20)23-17-26(16-18-4-2-1-3-5-18)14-15-27(23)22-12-10-21(25)11-13-22/h1-13,23H,14-17H2. The van der Waals surface area contributed by atoms with Gasteiger partial charge in [0.15, 0.2) is 0 Å². The normalized spacial score (nSPS) is 17.9. The molecule has 0 saturated carbocycles. The van der Waals surface area contributed by atoms with Crippen molar-refractivity contribution in [3.63, 3.8) is 0 Å². The van der Waals surface area contributed by atoms with Crippen LogP contribution < -0.4 is 4.90 Å². The largest absolute Gasteiger partial charge is 0.362 e. The van der Waals surface area contributed by atoms with E-state index in [1.165, 1.54) is 16.8 Å². The summed E-state index contributed by atoms with van der Waals surface area (Å²) in [7, 11) is 0. The van der Waals surface area contributed by atoms with E-state index in [9.17, 15) is 0 Å². The maximum absolute atomic E-state index is 6.12. The zero-order valence-electron chi connectivity index (χ0n) is 15.1.